The minimum atomic E-state index is -1.10. The molecule has 0 radical (unpaired) electrons. The van der Waals surface area contributed by atoms with Gasteiger partial charge in [-0.25, -0.2) is 4.79 Å². The Morgan fingerprint density at radius 3 is 3.00 bits per heavy atom. The number of hydrogen-bond acceptors (Lipinski definition) is 5. The van der Waals surface area contributed by atoms with Crippen LogP contribution in [-0.2, 0) is 20.9 Å². The van der Waals surface area contributed by atoms with Crippen molar-refractivity contribution in [1.29, 1.82) is 0 Å². The van der Waals surface area contributed by atoms with Crippen molar-refractivity contribution in [2.24, 2.45) is 5.92 Å². The molecule has 140 valence electrons. The van der Waals surface area contributed by atoms with Crippen molar-refractivity contribution < 1.29 is 19.5 Å². The maximum absolute atomic E-state index is 12.8. The minimum absolute atomic E-state index is 0.0416. The van der Waals surface area contributed by atoms with Crippen molar-refractivity contribution in [3.63, 3.8) is 0 Å². The summed E-state index contributed by atoms with van der Waals surface area (Å²) >= 11 is 1.62. The van der Waals surface area contributed by atoms with Crippen molar-refractivity contribution in [2.45, 2.75) is 31.5 Å². The maximum atomic E-state index is 12.8. The number of carbonyl (C=O) groups excluding carboxylic acids is 2. The van der Waals surface area contributed by atoms with Crippen LogP contribution in [0.2, 0.25) is 0 Å². The third-order valence-corrected chi connectivity index (χ3v) is 6.81. The molecular formula is C19H19N3O4S. The van der Waals surface area contributed by atoms with Gasteiger partial charge < -0.3 is 15.3 Å². The van der Waals surface area contributed by atoms with Gasteiger partial charge in [0.25, 0.3) is 0 Å². The molecule has 0 bridgehead atoms. The topological polar surface area (TPSA) is 90.0 Å². The zero-order valence-electron chi connectivity index (χ0n) is 14.6. The lowest BCUT2D eigenvalue weighted by Gasteiger charge is -2.48. The van der Waals surface area contributed by atoms with Gasteiger partial charge in [-0.2, -0.15) is 0 Å². The Labute approximate surface area is 159 Å². The van der Waals surface area contributed by atoms with Gasteiger partial charge in [0.05, 0.1) is 12.6 Å². The quantitative estimate of drug-likeness (QED) is 0.595. The summed E-state index contributed by atoms with van der Waals surface area (Å²) in [6.07, 6.45) is 2.92. The predicted octanol–water partition coefficient (Wildman–Crippen LogP) is 0.948. The number of rotatable bonds is 4. The lowest BCUT2D eigenvalue weighted by Crippen LogP contribution is -2.68. The van der Waals surface area contributed by atoms with E-state index in [1.165, 1.54) is 4.90 Å². The highest BCUT2D eigenvalue weighted by molar-refractivity contribution is 7.09. The summed E-state index contributed by atoms with van der Waals surface area (Å²) in [4.78, 5) is 41.3. The van der Waals surface area contributed by atoms with E-state index < -0.39 is 5.97 Å². The van der Waals surface area contributed by atoms with E-state index in [0.29, 0.717) is 43.6 Å². The maximum Gasteiger partial charge on any atom is 0.352 e. The van der Waals surface area contributed by atoms with E-state index in [-0.39, 0.29) is 35.5 Å². The van der Waals surface area contributed by atoms with Crippen molar-refractivity contribution >= 4 is 29.1 Å². The third-order valence-electron chi connectivity index (χ3n) is 5.94. The second-order valence-corrected chi connectivity index (χ2v) is 8.49. The Morgan fingerprint density at radius 2 is 2.26 bits per heavy atom. The van der Waals surface area contributed by atoms with Crippen molar-refractivity contribution in [3.8, 4) is 0 Å². The molecule has 7 nitrogen and oxygen atoms in total. The average molecular weight is 385 g/mol. The number of allylic oxidation sites excluding steroid dienone is 2. The zero-order chi connectivity index (χ0) is 18.7. The molecule has 3 atom stereocenters. The van der Waals surface area contributed by atoms with Crippen LogP contribution in [0.1, 0.15) is 17.7 Å². The fourth-order valence-corrected chi connectivity index (χ4v) is 5.43. The van der Waals surface area contributed by atoms with E-state index >= 15 is 0 Å². The van der Waals surface area contributed by atoms with Gasteiger partial charge in [-0.1, -0.05) is 6.07 Å². The summed E-state index contributed by atoms with van der Waals surface area (Å²) in [6.45, 7) is 1.92. The first-order valence-electron chi connectivity index (χ1n) is 9.09. The van der Waals surface area contributed by atoms with E-state index in [1.54, 1.807) is 22.3 Å². The van der Waals surface area contributed by atoms with Crippen LogP contribution < -0.4 is 5.32 Å². The summed E-state index contributed by atoms with van der Waals surface area (Å²) in [5.41, 5.74) is 1.29. The standard InChI is InChI=1S/C19H19N3O4S/c23-17-10(3-4-21(17)9-13-2-1-5-27-13)6-11-7-12-8-20-14-15(12)22(18(14)24)16(11)19(25)26/h1-2,5-6,12,14-15,20H,3-4,7-9H2,(H,25,26)/b10-6+/t12?,14?,15-/m1/s1. The number of likely N-dealkylation sites (tertiary alicyclic amines) is 1. The lowest BCUT2D eigenvalue weighted by atomic mass is 9.79. The van der Waals surface area contributed by atoms with E-state index in [2.05, 4.69) is 5.32 Å². The molecule has 5 heterocycles. The number of carbonyl (C=O) groups is 3. The molecular weight excluding hydrogens is 366 g/mol. The number of carboxylic acids is 1. The summed E-state index contributed by atoms with van der Waals surface area (Å²) in [6, 6.07) is 3.67. The first kappa shape index (κ1) is 16.7. The van der Waals surface area contributed by atoms with E-state index in [9.17, 15) is 19.5 Å². The second kappa shape index (κ2) is 6.03. The molecule has 2 N–H and O–H groups in total. The number of hydrogen-bond donors (Lipinski definition) is 2. The molecule has 2 unspecified atom stereocenters. The molecule has 27 heavy (non-hydrogen) atoms. The number of nitrogens with zero attached hydrogens (tertiary/aromatic N) is 2. The molecule has 2 amide bonds. The fourth-order valence-electron chi connectivity index (χ4n) is 4.71. The van der Waals surface area contributed by atoms with E-state index in [4.69, 9.17) is 0 Å². The molecule has 4 aliphatic heterocycles. The summed E-state index contributed by atoms with van der Waals surface area (Å²) in [5, 5.41) is 14.9. The Kier molecular flexibility index (Phi) is 3.73. The van der Waals surface area contributed by atoms with E-state index in [0.717, 1.165) is 4.88 Å². The highest BCUT2D eigenvalue weighted by Crippen LogP contribution is 2.44. The molecule has 5 rings (SSSR count). The molecule has 0 aliphatic carbocycles. The molecule has 4 aliphatic rings. The lowest BCUT2D eigenvalue weighted by molar-refractivity contribution is -0.153. The summed E-state index contributed by atoms with van der Waals surface area (Å²) in [7, 11) is 0. The van der Waals surface area contributed by atoms with Gasteiger partial charge in [-0.3, -0.25) is 14.5 Å². The highest BCUT2D eigenvalue weighted by Gasteiger charge is 2.59. The monoisotopic (exact) mass is 385 g/mol. The average Bonchev–Trinajstić information content (AvgIpc) is 3.36. The van der Waals surface area contributed by atoms with Gasteiger partial charge in [-0.05, 0) is 41.9 Å². The van der Waals surface area contributed by atoms with Gasteiger partial charge in [0.15, 0.2) is 0 Å². The largest absolute Gasteiger partial charge is 0.477 e. The number of amides is 2. The molecule has 0 spiro atoms. The van der Waals surface area contributed by atoms with Crippen LogP contribution in [0.25, 0.3) is 0 Å². The zero-order valence-corrected chi connectivity index (χ0v) is 15.4. The van der Waals surface area contributed by atoms with Crippen LogP contribution in [0, 0.1) is 5.92 Å². The molecule has 0 saturated carbocycles. The Bertz CT molecular complexity index is 904. The van der Waals surface area contributed by atoms with Gasteiger partial charge in [-0.15, -0.1) is 11.3 Å². The summed E-state index contributed by atoms with van der Waals surface area (Å²) in [5.74, 6) is -1.10. The van der Waals surface area contributed by atoms with Crippen LogP contribution in [-0.4, -0.2) is 57.9 Å². The van der Waals surface area contributed by atoms with Crippen molar-refractivity contribution in [2.75, 3.05) is 13.1 Å². The second-order valence-electron chi connectivity index (χ2n) is 7.45. The van der Waals surface area contributed by atoms with Crippen LogP contribution >= 0.6 is 11.3 Å². The van der Waals surface area contributed by atoms with Gasteiger partial charge in [0, 0.05) is 23.5 Å². The van der Waals surface area contributed by atoms with Gasteiger partial charge >= 0.3 is 5.97 Å². The molecule has 3 fully saturated rings. The highest BCUT2D eigenvalue weighted by atomic mass is 32.1. The molecule has 1 aromatic heterocycles. The van der Waals surface area contributed by atoms with Crippen LogP contribution in [0.4, 0.5) is 0 Å². The Hall–Kier alpha value is -2.45. The molecule has 8 heteroatoms. The molecule has 3 saturated heterocycles. The number of nitrogens with one attached hydrogen (secondary N) is 1. The number of thiophene rings is 1. The van der Waals surface area contributed by atoms with Crippen LogP contribution in [0.5, 0.6) is 0 Å². The first-order chi connectivity index (χ1) is 13.0. The van der Waals surface area contributed by atoms with Gasteiger partial charge in [0.1, 0.15) is 11.7 Å². The fraction of sp³-hybridized carbons (Fsp3) is 0.421. The van der Waals surface area contributed by atoms with Gasteiger partial charge in [0.2, 0.25) is 11.8 Å². The molecule has 1 aromatic rings. The number of aliphatic carboxylic acids is 1. The Balaban J connectivity index is 1.44. The molecule has 0 aromatic carbocycles. The summed E-state index contributed by atoms with van der Waals surface area (Å²) < 4.78 is 0. The van der Waals surface area contributed by atoms with Crippen molar-refractivity contribution in [1.82, 2.24) is 15.1 Å². The van der Waals surface area contributed by atoms with E-state index in [1.807, 2.05) is 17.5 Å². The SMILES string of the molecule is O=C(O)C1=C(/C=C2\CCN(Cc3cccs3)C2=O)CC2CNC3C(=O)N1[C@H]23. The van der Waals surface area contributed by atoms with Crippen molar-refractivity contribution in [3.05, 3.63) is 45.3 Å². The van der Waals surface area contributed by atoms with Crippen LogP contribution in [0.15, 0.2) is 40.4 Å². The Morgan fingerprint density at radius 1 is 1.41 bits per heavy atom. The normalized spacial score (nSPS) is 31.0. The van der Waals surface area contributed by atoms with Crippen LogP contribution in [0.3, 0.4) is 0 Å². The predicted molar refractivity (Wildman–Crippen MR) is 97.6 cm³/mol. The number of carboxylic acid groups (broad SMARTS) is 1. The number of β-lactam (4-membered cyclic amide) rings is 1. The minimum Gasteiger partial charge on any atom is -0.477 e. The third kappa shape index (κ3) is 2.47. The first-order valence-corrected chi connectivity index (χ1v) is 9.97. The smallest absolute Gasteiger partial charge is 0.352 e.